The van der Waals surface area contributed by atoms with E-state index >= 15 is 0 Å². The minimum atomic E-state index is -4.99. The second-order valence-corrected chi connectivity index (χ2v) is 4.49. The maximum atomic E-state index is 12.9. The van der Waals surface area contributed by atoms with Gasteiger partial charge in [0.05, 0.1) is 17.7 Å². The highest BCUT2D eigenvalue weighted by Crippen LogP contribution is 2.38. The second kappa shape index (κ2) is 5.40. The molecule has 0 saturated heterocycles. The van der Waals surface area contributed by atoms with Gasteiger partial charge in [-0.1, -0.05) is 12.1 Å². The maximum absolute atomic E-state index is 12.9. The number of benzene rings is 1. The number of hydrogen-bond donors (Lipinski definition) is 2. The summed E-state index contributed by atoms with van der Waals surface area (Å²) in [6, 6.07) is 3.13. The van der Waals surface area contributed by atoms with E-state index in [1.54, 1.807) is 0 Å². The van der Waals surface area contributed by atoms with E-state index in [0.29, 0.717) is 12.1 Å². The van der Waals surface area contributed by atoms with Crippen molar-refractivity contribution in [3.63, 3.8) is 0 Å². The fraction of sp³-hybridized carbons (Fsp3) is 0.308. The van der Waals surface area contributed by atoms with Crippen LogP contribution in [0.4, 0.5) is 26.3 Å². The summed E-state index contributed by atoms with van der Waals surface area (Å²) >= 11 is 0. The summed E-state index contributed by atoms with van der Waals surface area (Å²) in [5, 5.41) is 18.2. The van der Waals surface area contributed by atoms with E-state index in [-0.39, 0.29) is 5.39 Å². The van der Waals surface area contributed by atoms with Gasteiger partial charge in [0.2, 0.25) is 0 Å². The minimum Gasteiger partial charge on any atom is -0.393 e. The topological polar surface area (TPSA) is 53.4 Å². The van der Waals surface area contributed by atoms with Crippen LogP contribution >= 0.6 is 0 Å². The lowest BCUT2D eigenvalue weighted by atomic mass is 10.00. The molecule has 0 aliphatic rings. The number of aliphatic hydroxyl groups is 2. The summed E-state index contributed by atoms with van der Waals surface area (Å²) in [6.45, 7) is -0.938. The van der Waals surface area contributed by atoms with E-state index in [9.17, 15) is 31.4 Å². The highest BCUT2D eigenvalue weighted by molar-refractivity contribution is 5.86. The molecule has 0 aliphatic carbocycles. The summed E-state index contributed by atoms with van der Waals surface area (Å²) in [5.41, 5.74) is -4.31. The summed E-state index contributed by atoms with van der Waals surface area (Å²) in [5.74, 6) is 0. The third-order valence-electron chi connectivity index (χ3n) is 3.00. The van der Waals surface area contributed by atoms with Gasteiger partial charge in [0.1, 0.15) is 11.8 Å². The third-order valence-corrected chi connectivity index (χ3v) is 3.00. The van der Waals surface area contributed by atoms with Crippen LogP contribution in [0, 0.1) is 0 Å². The predicted molar refractivity (Wildman–Crippen MR) is 63.8 cm³/mol. The Morgan fingerprint density at radius 3 is 2.18 bits per heavy atom. The Balaban J connectivity index is 2.89. The van der Waals surface area contributed by atoms with Crippen molar-refractivity contribution in [2.75, 3.05) is 6.61 Å². The normalized spacial score (nSPS) is 14.4. The first-order valence-corrected chi connectivity index (χ1v) is 5.92. The van der Waals surface area contributed by atoms with Crippen LogP contribution in [0.15, 0.2) is 24.3 Å². The first kappa shape index (κ1) is 16.5. The zero-order valence-corrected chi connectivity index (χ0v) is 10.7. The molecule has 2 rings (SSSR count). The molecule has 22 heavy (non-hydrogen) atoms. The molecule has 0 saturated carbocycles. The summed E-state index contributed by atoms with van der Waals surface area (Å²) in [4.78, 5) is 3.05. The van der Waals surface area contributed by atoms with Crippen LogP contribution in [0.3, 0.4) is 0 Å². The molecule has 9 heteroatoms. The largest absolute Gasteiger partial charge is 0.433 e. The number of nitrogens with zero attached hydrogens (tertiary/aromatic N) is 1. The van der Waals surface area contributed by atoms with E-state index in [2.05, 4.69) is 4.98 Å². The van der Waals surface area contributed by atoms with Gasteiger partial charge in [0, 0.05) is 5.39 Å². The fourth-order valence-corrected chi connectivity index (χ4v) is 2.02. The van der Waals surface area contributed by atoms with Gasteiger partial charge < -0.3 is 10.2 Å². The number of aromatic nitrogens is 1. The van der Waals surface area contributed by atoms with Crippen molar-refractivity contribution in [2.45, 2.75) is 18.5 Å². The van der Waals surface area contributed by atoms with E-state index in [1.165, 1.54) is 0 Å². The van der Waals surface area contributed by atoms with Crippen molar-refractivity contribution in [3.8, 4) is 0 Å². The molecule has 3 nitrogen and oxygen atoms in total. The molecular formula is C13H9F6NO2. The van der Waals surface area contributed by atoms with Gasteiger partial charge in [0.15, 0.2) is 0 Å². The lowest BCUT2D eigenvalue weighted by Gasteiger charge is -2.17. The van der Waals surface area contributed by atoms with E-state index in [0.717, 1.165) is 12.1 Å². The lowest BCUT2D eigenvalue weighted by Crippen LogP contribution is -2.14. The smallest absolute Gasteiger partial charge is 0.393 e. The standard InChI is InChI=1S/C13H9F6NO2/c14-12(15,16)8-3-1-2-6-7(9(22)5-21)4-10(13(17,18)19)20-11(6)8/h1-4,9,21-22H,5H2/t9-/m1/s1. The average Bonchev–Trinajstić information content (AvgIpc) is 2.42. The Bertz CT molecular complexity index is 695. The third kappa shape index (κ3) is 3.00. The Hall–Kier alpha value is -1.87. The molecule has 0 aliphatic heterocycles. The number of alkyl halides is 6. The number of aliphatic hydroxyl groups excluding tert-OH is 2. The molecule has 0 bridgehead atoms. The van der Waals surface area contributed by atoms with Gasteiger partial charge in [0.25, 0.3) is 0 Å². The first-order valence-electron chi connectivity index (χ1n) is 5.92. The summed E-state index contributed by atoms with van der Waals surface area (Å²) in [6.07, 6.45) is -11.6. The van der Waals surface area contributed by atoms with Gasteiger partial charge in [-0.3, -0.25) is 0 Å². The van der Waals surface area contributed by atoms with E-state index < -0.39 is 47.4 Å². The van der Waals surface area contributed by atoms with Crippen LogP contribution in [0.25, 0.3) is 10.9 Å². The van der Waals surface area contributed by atoms with Crippen molar-refractivity contribution < 1.29 is 36.6 Å². The zero-order valence-electron chi connectivity index (χ0n) is 10.7. The molecule has 2 N–H and O–H groups in total. The van der Waals surface area contributed by atoms with Gasteiger partial charge in [-0.05, 0) is 17.7 Å². The SMILES string of the molecule is OC[C@@H](O)c1cc(C(F)(F)F)nc2c(C(F)(F)F)cccc12. The van der Waals surface area contributed by atoms with Gasteiger partial charge >= 0.3 is 12.4 Å². The molecule has 0 unspecified atom stereocenters. The number of halogens is 6. The number of para-hydroxylation sites is 1. The predicted octanol–water partition coefficient (Wildman–Crippen LogP) is 3.30. The molecule has 0 radical (unpaired) electrons. The first-order chi connectivity index (χ1) is 10.1. The molecule has 0 fully saturated rings. The van der Waals surface area contributed by atoms with Crippen molar-refractivity contribution in [1.29, 1.82) is 0 Å². The Kier molecular flexibility index (Phi) is 4.05. The average molecular weight is 325 g/mol. The van der Waals surface area contributed by atoms with Crippen molar-refractivity contribution in [1.82, 2.24) is 4.98 Å². The summed E-state index contributed by atoms with van der Waals surface area (Å²) in [7, 11) is 0. The molecule has 0 spiro atoms. The van der Waals surface area contributed by atoms with Crippen molar-refractivity contribution in [3.05, 3.63) is 41.1 Å². The van der Waals surface area contributed by atoms with Crippen LogP contribution in [0.2, 0.25) is 0 Å². The van der Waals surface area contributed by atoms with Crippen molar-refractivity contribution in [2.24, 2.45) is 0 Å². The Morgan fingerprint density at radius 1 is 1.05 bits per heavy atom. The van der Waals surface area contributed by atoms with Crippen molar-refractivity contribution >= 4 is 10.9 Å². The van der Waals surface area contributed by atoms with Crippen LogP contribution in [-0.2, 0) is 12.4 Å². The number of rotatable bonds is 2. The van der Waals surface area contributed by atoms with Crippen LogP contribution in [0.1, 0.15) is 22.9 Å². The van der Waals surface area contributed by atoms with Gasteiger partial charge in [-0.15, -0.1) is 0 Å². The molecular weight excluding hydrogens is 316 g/mol. The van der Waals surface area contributed by atoms with Gasteiger partial charge in [-0.2, -0.15) is 26.3 Å². The molecule has 2 aromatic rings. The van der Waals surface area contributed by atoms with E-state index in [1.807, 2.05) is 0 Å². The molecule has 1 atom stereocenters. The lowest BCUT2D eigenvalue weighted by molar-refractivity contribution is -0.142. The maximum Gasteiger partial charge on any atom is 0.433 e. The molecule has 1 aromatic carbocycles. The molecule has 0 amide bonds. The van der Waals surface area contributed by atoms with Crippen LogP contribution < -0.4 is 0 Å². The van der Waals surface area contributed by atoms with Gasteiger partial charge in [-0.25, -0.2) is 4.98 Å². The second-order valence-electron chi connectivity index (χ2n) is 4.49. The van der Waals surface area contributed by atoms with E-state index in [4.69, 9.17) is 5.11 Å². The number of hydrogen-bond acceptors (Lipinski definition) is 3. The quantitative estimate of drug-likeness (QED) is 0.833. The van der Waals surface area contributed by atoms with Crippen LogP contribution in [0.5, 0.6) is 0 Å². The summed E-state index contributed by atoms with van der Waals surface area (Å²) < 4.78 is 77.2. The zero-order chi connectivity index (χ0) is 16.7. The monoisotopic (exact) mass is 325 g/mol. The highest BCUT2D eigenvalue weighted by atomic mass is 19.4. The minimum absolute atomic E-state index is 0.302. The molecule has 1 aromatic heterocycles. The molecule has 120 valence electrons. The fourth-order valence-electron chi connectivity index (χ4n) is 2.02. The number of pyridine rings is 1. The highest BCUT2D eigenvalue weighted by Gasteiger charge is 2.37. The van der Waals surface area contributed by atoms with Crippen LogP contribution in [-0.4, -0.2) is 21.8 Å². The number of fused-ring (bicyclic) bond motifs is 1. The Morgan fingerprint density at radius 2 is 1.68 bits per heavy atom. The molecule has 1 heterocycles. The Labute approximate surface area is 119 Å².